The molecule has 3 nitrogen and oxygen atoms in total. The van der Waals surface area contributed by atoms with Gasteiger partial charge in [0.15, 0.2) is 0 Å². The fourth-order valence-corrected chi connectivity index (χ4v) is 1.86. The summed E-state index contributed by atoms with van der Waals surface area (Å²) in [5.41, 5.74) is 5.61. The van der Waals surface area contributed by atoms with Crippen LogP contribution in [-0.4, -0.2) is 23.9 Å². The van der Waals surface area contributed by atoms with Crippen molar-refractivity contribution < 1.29 is 9.84 Å². The topological polar surface area (TPSA) is 55.5 Å². The van der Waals surface area contributed by atoms with Crippen molar-refractivity contribution >= 4 is 11.3 Å². The Balaban J connectivity index is 2.56. The Morgan fingerprint density at radius 1 is 1.57 bits per heavy atom. The summed E-state index contributed by atoms with van der Waals surface area (Å²) in [5, 5.41) is 11.3. The molecule has 3 atom stereocenters. The van der Waals surface area contributed by atoms with Crippen LogP contribution in [0.25, 0.3) is 0 Å². The van der Waals surface area contributed by atoms with Crippen molar-refractivity contribution in [1.29, 1.82) is 0 Å². The van der Waals surface area contributed by atoms with Gasteiger partial charge in [0, 0.05) is 11.4 Å². The van der Waals surface area contributed by atoms with Gasteiger partial charge in [0.1, 0.15) is 6.10 Å². The lowest BCUT2D eigenvalue weighted by atomic mass is 10.2. The van der Waals surface area contributed by atoms with Crippen LogP contribution in [0.2, 0.25) is 0 Å². The molecule has 80 valence electrons. The summed E-state index contributed by atoms with van der Waals surface area (Å²) in [4.78, 5) is 1.11. The van der Waals surface area contributed by atoms with Crippen LogP contribution in [0.3, 0.4) is 0 Å². The lowest BCUT2D eigenvalue weighted by molar-refractivity contribution is -0.0579. The minimum absolute atomic E-state index is 0.0976. The molecule has 0 aliphatic heterocycles. The first-order valence-electron chi connectivity index (χ1n) is 4.72. The minimum Gasteiger partial charge on any atom is -0.391 e. The maximum atomic E-state index is 9.30. The summed E-state index contributed by atoms with van der Waals surface area (Å²) in [5.74, 6) is 0. The molecule has 14 heavy (non-hydrogen) atoms. The van der Waals surface area contributed by atoms with Crippen LogP contribution >= 0.6 is 11.3 Å². The quantitative estimate of drug-likeness (QED) is 0.783. The molecule has 1 aromatic rings. The highest BCUT2D eigenvalue weighted by atomic mass is 32.1. The summed E-state index contributed by atoms with van der Waals surface area (Å²) in [6, 6.07) is 3.97. The van der Waals surface area contributed by atoms with Gasteiger partial charge in [-0.05, 0) is 25.3 Å². The summed E-state index contributed by atoms with van der Waals surface area (Å²) in [7, 11) is 0. The second-order valence-electron chi connectivity index (χ2n) is 3.32. The first-order valence-corrected chi connectivity index (χ1v) is 5.60. The molecule has 4 heteroatoms. The maximum Gasteiger partial charge on any atom is 0.104 e. The van der Waals surface area contributed by atoms with E-state index in [4.69, 9.17) is 10.5 Å². The second-order valence-corrected chi connectivity index (χ2v) is 4.30. The van der Waals surface area contributed by atoms with E-state index in [1.807, 2.05) is 24.4 Å². The number of aliphatic hydroxyl groups excluding tert-OH is 1. The van der Waals surface area contributed by atoms with Crippen molar-refractivity contribution in [3.8, 4) is 0 Å². The number of hydrogen-bond acceptors (Lipinski definition) is 4. The summed E-state index contributed by atoms with van der Waals surface area (Å²) < 4.78 is 5.64. The Bertz CT molecular complexity index is 249. The van der Waals surface area contributed by atoms with Gasteiger partial charge in [0.05, 0.1) is 12.2 Å². The Morgan fingerprint density at radius 3 is 2.71 bits per heavy atom. The van der Waals surface area contributed by atoms with Gasteiger partial charge in [-0.2, -0.15) is 0 Å². The highest BCUT2D eigenvalue weighted by molar-refractivity contribution is 7.10. The Morgan fingerprint density at radius 2 is 2.29 bits per heavy atom. The summed E-state index contributed by atoms with van der Waals surface area (Å²) >= 11 is 1.62. The molecular weight excluding hydrogens is 198 g/mol. The zero-order valence-corrected chi connectivity index (χ0v) is 9.33. The highest BCUT2D eigenvalue weighted by Gasteiger charge is 2.17. The van der Waals surface area contributed by atoms with E-state index < -0.39 is 6.10 Å². The van der Waals surface area contributed by atoms with Crippen LogP contribution in [0.5, 0.6) is 0 Å². The number of nitrogens with two attached hydrogens (primary N) is 1. The van der Waals surface area contributed by atoms with E-state index in [2.05, 4.69) is 0 Å². The number of ether oxygens (including phenoxy) is 1. The van der Waals surface area contributed by atoms with Gasteiger partial charge in [-0.1, -0.05) is 6.07 Å². The van der Waals surface area contributed by atoms with Crippen molar-refractivity contribution in [2.45, 2.75) is 32.2 Å². The molecule has 0 aliphatic carbocycles. The molecule has 0 saturated carbocycles. The SMILES string of the molecule is CC(O)C(C)OC(CN)c1cccs1. The van der Waals surface area contributed by atoms with Gasteiger partial charge in [0.2, 0.25) is 0 Å². The molecule has 0 saturated heterocycles. The first kappa shape index (κ1) is 11.7. The van der Waals surface area contributed by atoms with Gasteiger partial charge in [-0.25, -0.2) is 0 Å². The maximum absolute atomic E-state index is 9.30. The Hall–Kier alpha value is -0.420. The van der Waals surface area contributed by atoms with Gasteiger partial charge >= 0.3 is 0 Å². The summed E-state index contributed by atoms with van der Waals surface area (Å²) in [6.07, 6.45) is -0.755. The molecule has 1 aromatic heterocycles. The van der Waals surface area contributed by atoms with Crippen molar-refractivity contribution in [3.05, 3.63) is 22.4 Å². The molecule has 0 spiro atoms. The van der Waals surface area contributed by atoms with Crippen LogP contribution in [0.4, 0.5) is 0 Å². The normalized spacial score (nSPS) is 17.7. The van der Waals surface area contributed by atoms with Gasteiger partial charge < -0.3 is 15.6 Å². The molecule has 1 rings (SSSR count). The lowest BCUT2D eigenvalue weighted by Gasteiger charge is -2.22. The third-order valence-corrected chi connectivity index (χ3v) is 3.10. The lowest BCUT2D eigenvalue weighted by Crippen LogP contribution is -2.27. The van der Waals surface area contributed by atoms with Crippen molar-refractivity contribution in [1.82, 2.24) is 0 Å². The predicted molar refractivity (Wildman–Crippen MR) is 58.3 cm³/mol. The Kier molecular flexibility index (Phi) is 4.54. The molecular formula is C10H17NO2S. The van der Waals surface area contributed by atoms with Crippen molar-refractivity contribution in [2.75, 3.05) is 6.54 Å². The molecule has 3 N–H and O–H groups in total. The predicted octanol–water partition coefficient (Wildman–Crippen LogP) is 1.53. The molecule has 0 aliphatic rings. The largest absolute Gasteiger partial charge is 0.391 e. The molecule has 1 heterocycles. The molecule has 0 amide bonds. The standard InChI is InChI=1S/C10H17NO2S/c1-7(12)8(2)13-9(6-11)10-4-3-5-14-10/h3-5,7-9,12H,6,11H2,1-2H3. The van der Waals surface area contributed by atoms with Crippen molar-refractivity contribution in [2.24, 2.45) is 5.73 Å². The third kappa shape index (κ3) is 3.06. The van der Waals surface area contributed by atoms with Gasteiger partial charge in [-0.3, -0.25) is 0 Å². The number of hydrogen-bond donors (Lipinski definition) is 2. The molecule has 0 bridgehead atoms. The third-order valence-electron chi connectivity index (χ3n) is 2.13. The average molecular weight is 215 g/mol. The highest BCUT2D eigenvalue weighted by Crippen LogP contribution is 2.23. The molecule has 3 unspecified atom stereocenters. The van der Waals surface area contributed by atoms with E-state index in [-0.39, 0.29) is 12.2 Å². The fourth-order valence-electron chi connectivity index (χ4n) is 1.09. The molecule has 0 fully saturated rings. The number of rotatable bonds is 5. The number of aliphatic hydroxyl groups is 1. The van der Waals surface area contributed by atoms with E-state index in [0.29, 0.717) is 6.54 Å². The van der Waals surface area contributed by atoms with E-state index >= 15 is 0 Å². The van der Waals surface area contributed by atoms with E-state index in [0.717, 1.165) is 4.88 Å². The summed E-state index contributed by atoms with van der Waals surface area (Å²) in [6.45, 7) is 4.01. The first-order chi connectivity index (χ1) is 6.65. The van der Waals surface area contributed by atoms with E-state index in [1.165, 1.54) is 0 Å². The minimum atomic E-state index is -0.469. The van der Waals surface area contributed by atoms with E-state index in [1.54, 1.807) is 18.3 Å². The van der Waals surface area contributed by atoms with Gasteiger partial charge in [0.25, 0.3) is 0 Å². The molecule has 0 aromatic carbocycles. The monoisotopic (exact) mass is 215 g/mol. The zero-order chi connectivity index (χ0) is 10.6. The fraction of sp³-hybridized carbons (Fsp3) is 0.600. The molecule has 0 radical (unpaired) electrons. The van der Waals surface area contributed by atoms with Crippen LogP contribution in [-0.2, 0) is 4.74 Å². The smallest absolute Gasteiger partial charge is 0.104 e. The van der Waals surface area contributed by atoms with Crippen LogP contribution in [0.15, 0.2) is 17.5 Å². The van der Waals surface area contributed by atoms with Crippen LogP contribution in [0, 0.1) is 0 Å². The Labute approximate surface area is 88.5 Å². The number of thiophene rings is 1. The van der Waals surface area contributed by atoms with Crippen LogP contribution < -0.4 is 5.73 Å². The second kappa shape index (κ2) is 5.46. The van der Waals surface area contributed by atoms with E-state index in [9.17, 15) is 5.11 Å². The van der Waals surface area contributed by atoms with Crippen LogP contribution in [0.1, 0.15) is 24.8 Å². The van der Waals surface area contributed by atoms with Gasteiger partial charge in [-0.15, -0.1) is 11.3 Å². The zero-order valence-electron chi connectivity index (χ0n) is 8.51. The van der Waals surface area contributed by atoms with Crippen molar-refractivity contribution in [3.63, 3.8) is 0 Å². The average Bonchev–Trinajstić information content (AvgIpc) is 2.66.